The van der Waals surface area contributed by atoms with E-state index in [2.05, 4.69) is 15.5 Å². The van der Waals surface area contributed by atoms with Crippen molar-refractivity contribution in [3.05, 3.63) is 39.9 Å². The zero-order chi connectivity index (χ0) is 13.0. The van der Waals surface area contributed by atoms with E-state index >= 15 is 0 Å². The lowest BCUT2D eigenvalue weighted by Gasteiger charge is -1.99. The van der Waals surface area contributed by atoms with Crippen LogP contribution in [-0.2, 0) is 0 Å². The first-order valence-corrected chi connectivity index (χ1v) is 6.38. The minimum absolute atomic E-state index is 0.224. The molecule has 0 unspecified atom stereocenters. The number of hydrazone groups is 1. The molecular weight excluding hydrogens is 252 g/mol. The number of amidine groups is 1. The highest BCUT2D eigenvalue weighted by Crippen LogP contribution is 2.14. The predicted octanol–water partition coefficient (Wildman–Crippen LogP) is 2.14. The van der Waals surface area contributed by atoms with E-state index in [-0.39, 0.29) is 5.84 Å². The highest BCUT2D eigenvalue weighted by Gasteiger charge is 2.25. The number of hydrogen-bond acceptors (Lipinski definition) is 6. The molecule has 0 spiro atoms. The van der Waals surface area contributed by atoms with Crippen LogP contribution in [0.4, 0.5) is 5.69 Å². The standard InChI is InChI=1S/C11H12N4O2S/c1-8-2-4-9(5-3-8)13-14-10(15(16)17)11-12-6-7-18-11/h2-5,13H,6-7H2,1H3/b14-10+. The molecule has 0 radical (unpaired) electrons. The van der Waals surface area contributed by atoms with E-state index in [1.165, 1.54) is 11.8 Å². The summed E-state index contributed by atoms with van der Waals surface area (Å²) in [5.74, 6) is 0.547. The number of hydrogen-bond donors (Lipinski definition) is 1. The monoisotopic (exact) mass is 264 g/mol. The van der Waals surface area contributed by atoms with Crippen LogP contribution in [0.25, 0.3) is 0 Å². The van der Waals surface area contributed by atoms with Gasteiger partial charge in [0.1, 0.15) is 0 Å². The van der Waals surface area contributed by atoms with Crippen molar-refractivity contribution in [2.75, 3.05) is 17.7 Å². The van der Waals surface area contributed by atoms with E-state index < -0.39 is 4.92 Å². The molecule has 1 aliphatic heterocycles. The summed E-state index contributed by atoms with van der Waals surface area (Å²) in [6.45, 7) is 2.58. The third kappa shape index (κ3) is 3.07. The topological polar surface area (TPSA) is 79.9 Å². The Hall–Kier alpha value is -1.89. The third-order valence-corrected chi connectivity index (χ3v) is 3.26. The molecule has 1 N–H and O–H groups in total. The summed E-state index contributed by atoms with van der Waals surface area (Å²) in [6.07, 6.45) is 0. The number of anilines is 1. The highest BCUT2D eigenvalue weighted by atomic mass is 32.2. The first-order valence-electron chi connectivity index (χ1n) is 5.39. The Labute approximate surface area is 108 Å². The number of aryl methyl sites for hydroxylation is 1. The van der Waals surface area contributed by atoms with Crippen molar-refractivity contribution < 1.29 is 4.92 Å². The van der Waals surface area contributed by atoms with Crippen molar-refractivity contribution >= 4 is 28.3 Å². The fourth-order valence-corrected chi connectivity index (χ4v) is 2.19. The van der Waals surface area contributed by atoms with E-state index in [1.54, 1.807) is 0 Å². The lowest BCUT2D eigenvalue weighted by molar-refractivity contribution is -0.345. The van der Waals surface area contributed by atoms with Crippen molar-refractivity contribution in [3.8, 4) is 0 Å². The van der Waals surface area contributed by atoms with Gasteiger partial charge in [-0.15, -0.1) is 0 Å². The maximum atomic E-state index is 10.9. The van der Waals surface area contributed by atoms with Crippen molar-refractivity contribution in [2.24, 2.45) is 10.1 Å². The molecule has 0 aliphatic carbocycles. The molecule has 0 atom stereocenters. The van der Waals surface area contributed by atoms with E-state index in [0.29, 0.717) is 17.3 Å². The molecule has 1 heterocycles. The second-order valence-electron chi connectivity index (χ2n) is 3.71. The van der Waals surface area contributed by atoms with Crippen molar-refractivity contribution in [1.29, 1.82) is 0 Å². The molecule has 0 saturated carbocycles. The highest BCUT2D eigenvalue weighted by molar-refractivity contribution is 8.16. The van der Waals surface area contributed by atoms with Crippen LogP contribution in [0.1, 0.15) is 5.56 Å². The van der Waals surface area contributed by atoms with Gasteiger partial charge in [0, 0.05) is 5.75 Å². The zero-order valence-corrected chi connectivity index (χ0v) is 10.6. The Kier molecular flexibility index (Phi) is 3.93. The Morgan fingerprint density at radius 3 is 2.78 bits per heavy atom. The molecule has 0 aromatic heterocycles. The van der Waals surface area contributed by atoms with Crippen LogP contribution < -0.4 is 5.43 Å². The second-order valence-corrected chi connectivity index (χ2v) is 4.79. The van der Waals surface area contributed by atoms with E-state index in [1.807, 2.05) is 31.2 Å². The molecule has 1 aromatic carbocycles. The van der Waals surface area contributed by atoms with Gasteiger partial charge in [-0.1, -0.05) is 29.5 Å². The lowest BCUT2D eigenvalue weighted by atomic mass is 10.2. The van der Waals surface area contributed by atoms with E-state index in [0.717, 1.165) is 11.3 Å². The second kappa shape index (κ2) is 5.63. The summed E-state index contributed by atoms with van der Waals surface area (Å²) in [7, 11) is 0. The molecule has 6 nitrogen and oxygen atoms in total. The molecule has 94 valence electrons. The minimum atomic E-state index is -0.516. The lowest BCUT2D eigenvalue weighted by Crippen LogP contribution is -2.21. The van der Waals surface area contributed by atoms with Crippen LogP contribution in [0, 0.1) is 17.0 Å². The molecule has 0 amide bonds. The fourth-order valence-electron chi connectivity index (χ4n) is 1.38. The summed E-state index contributed by atoms with van der Waals surface area (Å²) in [6, 6.07) is 7.46. The van der Waals surface area contributed by atoms with Crippen LogP contribution in [0.5, 0.6) is 0 Å². The molecule has 18 heavy (non-hydrogen) atoms. The van der Waals surface area contributed by atoms with Crippen molar-refractivity contribution in [1.82, 2.24) is 0 Å². The van der Waals surface area contributed by atoms with Crippen molar-refractivity contribution in [2.45, 2.75) is 6.92 Å². The van der Waals surface area contributed by atoms with Gasteiger partial charge in [-0.25, -0.2) is 0 Å². The number of nitro groups is 1. The quantitative estimate of drug-likeness (QED) is 0.392. The minimum Gasteiger partial charge on any atom is -0.358 e. The van der Waals surface area contributed by atoms with Gasteiger partial charge in [0.15, 0.2) is 5.04 Å². The summed E-state index contributed by atoms with van der Waals surface area (Å²) >= 11 is 1.35. The van der Waals surface area contributed by atoms with Gasteiger partial charge >= 0.3 is 5.84 Å². The van der Waals surface area contributed by atoms with Crippen LogP contribution in [0.2, 0.25) is 0 Å². The van der Waals surface area contributed by atoms with Crippen LogP contribution >= 0.6 is 11.8 Å². The molecule has 7 heteroatoms. The normalized spacial score (nSPS) is 15.4. The molecule has 2 rings (SSSR count). The summed E-state index contributed by atoms with van der Waals surface area (Å²) in [4.78, 5) is 14.4. The first kappa shape index (κ1) is 12.6. The SMILES string of the molecule is Cc1ccc(N/N=C(\C2=NCCS2)[N+](=O)[O-])cc1. The van der Waals surface area contributed by atoms with Crippen LogP contribution in [0.15, 0.2) is 34.4 Å². The van der Waals surface area contributed by atoms with Gasteiger partial charge in [0.2, 0.25) is 0 Å². The third-order valence-electron chi connectivity index (χ3n) is 2.29. The summed E-state index contributed by atoms with van der Waals surface area (Å²) < 4.78 is 0. The smallest absolute Gasteiger partial charge is 0.358 e. The Morgan fingerprint density at radius 1 is 1.50 bits per heavy atom. The van der Waals surface area contributed by atoms with Gasteiger partial charge < -0.3 is 10.1 Å². The van der Waals surface area contributed by atoms with E-state index in [9.17, 15) is 10.1 Å². The first-order chi connectivity index (χ1) is 8.66. The molecule has 0 fully saturated rings. The largest absolute Gasteiger partial charge is 0.419 e. The fraction of sp³-hybridized carbons (Fsp3) is 0.273. The average Bonchev–Trinajstić information content (AvgIpc) is 2.85. The number of thioether (sulfide) groups is 1. The van der Waals surface area contributed by atoms with Crippen molar-refractivity contribution in [3.63, 3.8) is 0 Å². The van der Waals surface area contributed by atoms with Gasteiger partial charge in [-0.05, 0) is 24.0 Å². The number of nitrogens with zero attached hydrogens (tertiary/aromatic N) is 3. The number of rotatable bonds is 3. The maximum absolute atomic E-state index is 10.9. The number of benzene rings is 1. The summed E-state index contributed by atoms with van der Waals surface area (Å²) in [5, 5.41) is 15.1. The predicted molar refractivity (Wildman–Crippen MR) is 74.0 cm³/mol. The van der Waals surface area contributed by atoms with Gasteiger partial charge in [0.25, 0.3) is 0 Å². The van der Waals surface area contributed by atoms with Crippen LogP contribution in [-0.4, -0.2) is 28.1 Å². The Bertz CT molecular complexity index is 510. The molecule has 0 bridgehead atoms. The number of nitrogens with one attached hydrogen (secondary N) is 1. The van der Waals surface area contributed by atoms with E-state index in [4.69, 9.17) is 0 Å². The molecule has 1 aliphatic rings. The zero-order valence-electron chi connectivity index (χ0n) is 9.79. The Morgan fingerprint density at radius 2 is 2.22 bits per heavy atom. The maximum Gasteiger partial charge on any atom is 0.419 e. The molecular formula is C11H12N4O2S. The summed E-state index contributed by atoms with van der Waals surface area (Å²) in [5.41, 5.74) is 4.51. The molecule has 0 saturated heterocycles. The Balaban J connectivity index is 2.13. The van der Waals surface area contributed by atoms with Gasteiger partial charge in [0.05, 0.1) is 17.3 Å². The average molecular weight is 264 g/mol. The van der Waals surface area contributed by atoms with Gasteiger partial charge in [-0.2, -0.15) is 5.43 Å². The van der Waals surface area contributed by atoms with Gasteiger partial charge in [-0.3, -0.25) is 4.99 Å². The molecule has 1 aromatic rings. The number of aliphatic imine (C=N–C) groups is 1. The van der Waals surface area contributed by atoms with Crippen LogP contribution in [0.3, 0.4) is 0 Å².